The number of hydrogen-bond acceptors (Lipinski definition) is 7. The van der Waals surface area contributed by atoms with Crippen LogP contribution < -0.4 is 9.62 Å². The van der Waals surface area contributed by atoms with Gasteiger partial charge >= 0.3 is 0 Å². The maximum Gasteiger partial charge on any atom is 0.284 e. The van der Waals surface area contributed by atoms with Crippen LogP contribution in [-0.4, -0.2) is 38.3 Å². The summed E-state index contributed by atoms with van der Waals surface area (Å²) < 4.78 is 38.3. The molecular formula is C20H23FN4O3S2. The number of benzene rings is 1. The van der Waals surface area contributed by atoms with Crippen LogP contribution >= 0.6 is 11.3 Å². The third-order valence-corrected chi connectivity index (χ3v) is 6.61. The zero-order chi connectivity index (χ0) is 21.9. The molecule has 1 aromatic carbocycles. The number of carbonyl (C=O) groups excluding carboxylic acids is 1. The molecule has 1 aromatic heterocycles. The molecule has 2 atom stereocenters. The highest BCUT2D eigenvalue weighted by molar-refractivity contribution is 7.89. The Kier molecular flexibility index (Phi) is 6.73. The van der Waals surface area contributed by atoms with Gasteiger partial charge in [-0.05, 0) is 62.8 Å². The third-order valence-electron chi connectivity index (χ3n) is 5.06. The first-order valence-electron chi connectivity index (χ1n) is 9.57. The van der Waals surface area contributed by atoms with Crippen LogP contribution in [0.3, 0.4) is 0 Å². The van der Waals surface area contributed by atoms with Crippen LogP contribution in [0.4, 0.5) is 15.2 Å². The maximum absolute atomic E-state index is 13.6. The number of aromatic nitrogens is 1. The topological polar surface area (TPSA) is 103 Å². The van der Waals surface area contributed by atoms with Crippen molar-refractivity contribution in [3.63, 3.8) is 0 Å². The molecule has 0 bridgehead atoms. The monoisotopic (exact) mass is 450 g/mol. The quantitative estimate of drug-likeness (QED) is 0.690. The number of nitrogens with one attached hydrogen (secondary N) is 1. The summed E-state index contributed by atoms with van der Waals surface area (Å²) in [6.45, 7) is 2.28. The molecule has 0 saturated heterocycles. The number of halogens is 1. The molecule has 1 fully saturated rings. The van der Waals surface area contributed by atoms with Gasteiger partial charge in [-0.2, -0.15) is 5.26 Å². The molecule has 2 aromatic rings. The summed E-state index contributed by atoms with van der Waals surface area (Å²) >= 11 is 1.28. The van der Waals surface area contributed by atoms with Crippen molar-refractivity contribution < 1.29 is 17.6 Å². The fraction of sp³-hybridized carbons (Fsp3) is 0.450. The summed E-state index contributed by atoms with van der Waals surface area (Å²) in [7, 11) is -3.70. The molecule has 3 rings (SSSR count). The molecule has 0 aliphatic heterocycles. The standard InChI is InChI=1S/C20H23FN4O3S2/c1-13-18(19(26)24-30(2,27)28)23-20(29-13)25(10-9-14-3-6-16(21)11-14)17-7-4-15(12-22)5-8-17/h4-5,7-8,14,16H,3,6,9-11H2,1-2H3,(H,24,26). The van der Waals surface area contributed by atoms with Gasteiger partial charge in [-0.3, -0.25) is 4.79 Å². The van der Waals surface area contributed by atoms with Crippen LogP contribution in [0, 0.1) is 24.2 Å². The molecular weight excluding hydrogens is 427 g/mol. The Morgan fingerprint density at radius 3 is 2.63 bits per heavy atom. The van der Waals surface area contributed by atoms with E-state index in [9.17, 15) is 17.6 Å². The van der Waals surface area contributed by atoms with Crippen molar-refractivity contribution in [3.8, 4) is 6.07 Å². The van der Waals surface area contributed by atoms with Crippen molar-refractivity contribution in [3.05, 3.63) is 40.4 Å². The lowest BCUT2D eigenvalue weighted by atomic mass is 10.0. The number of amides is 1. The Labute approximate surface area is 179 Å². The van der Waals surface area contributed by atoms with Gasteiger partial charge in [-0.1, -0.05) is 0 Å². The molecule has 1 amide bonds. The van der Waals surface area contributed by atoms with E-state index in [0.717, 1.165) is 24.8 Å². The molecule has 2 unspecified atom stereocenters. The first kappa shape index (κ1) is 22.2. The molecule has 30 heavy (non-hydrogen) atoms. The number of carbonyl (C=O) groups is 1. The van der Waals surface area contributed by atoms with E-state index in [4.69, 9.17) is 5.26 Å². The molecule has 1 N–H and O–H groups in total. The minimum absolute atomic E-state index is 0.0590. The van der Waals surface area contributed by atoms with Crippen LogP contribution in [0.1, 0.15) is 46.6 Å². The van der Waals surface area contributed by atoms with Gasteiger partial charge in [0, 0.05) is 17.1 Å². The summed E-state index contributed by atoms with van der Waals surface area (Å²) in [6.07, 6.45) is 2.93. The Morgan fingerprint density at radius 2 is 2.07 bits per heavy atom. The van der Waals surface area contributed by atoms with Crippen molar-refractivity contribution in [1.29, 1.82) is 5.26 Å². The number of nitriles is 1. The van der Waals surface area contributed by atoms with E-state index >= 15 is 0 Å². The largest absolute Gasteiger partial charge is 0.318 e. The number of rotatable bonds is 7. The maximum atomic E-state index is 13.6. The van der Waals surface area contributed by atoms with Gasteiger partial charge in [0.1, 0.15) is 11.9 Å². The Balaban J connectivity index is 1.88. The molecule has 0 radical (unpaired) electrons. The zero-order valence-electron chi connectivity index (χ0n) is 16.8. The number of aryl methyl sites for hydroxylation is 1. The number of hydrogen-bond donors (Lipinski definition) is 1. The zero-order valence-corrected chi connectivity index (χ0v) is 18.4. The molecule has 160 valence electrons. The van der Waals surface area contributed by atoms with E-state index < -0.39 is 22.1 Å². The molecule has 10 heteroatoms. The average Bonchev–Trinajstić information content (AvgIpc) is 3.26. The second-order valence-corrected chi connectivity index (χ2v) is 10.4. The van der Waals surface area contributed by atoms with Crippen LogP contribution in [-0.2, 0) is 10.0 Å². The summed E-state index contributed by atoms with van der Waals surface area (Å²) in [4.78, 5) is 19.2. The van der Waals surface area contributed by atoms with Crippen molar-refractivity contribution in [2.45, 2.75) is 38.8 Å². The van der Waals surface area contributed by atoms with Gasteiger partial charge in [0.25, 0.3) is 5.91 Å². The number of alkyl halides is 1. The van der Waals surface area contributed by atoms with Gasteiger partial charge in [-0.15, -0.1) is 11.3 Å². The Bertz CT molecular complexity index is 1060. The van der Waals surface area contributed by atoms with Crippen molar-refractivity contribution in [2.24, 2.45) is 5.92 Å². The van der Waals surface area contributed by atoms with Crippen LogP contribution in [0.15, 0.2) is 24.3 Å². The lowest BCUT2D eigenvalue weighted by Gasteiger charge is -2.23. The first-order chi connectivity index (χ1) is 14.2. The fourth-order valence-corrected chi connectivity index (χ4v) is 4.95. The summed E-state index contributed by atoms with van der Waals surface area (Å²) in [6, 6.07) is 9.09. The number of anilines is 2. The van der Waals surface area contributed by atoms with Gasteiger partial charge in [0.2, 0.25) is 10.0 Å². The van der Waals surface area contributed by atoms with Crippen LogP contribution in [0.25, 0.3) is 0 Å². The van der Waals surface area contributed by atoms with E-state index in [1.807, 2.05) is 9.62 Å². The summed E-state index contributed by atoms with van der Waals surface area (Å²) in [5.41, 5.74) is 1.38. The molecule has 0 spiro atoms. The minimum Gasteiger partial charge on any atom is -0.318 e. The first-order valence-corrected chi connectivity index (χ1v) is 12.3. The number of sulfonamides is 1. The number of thiazole rings is 1. The van der Waals surface area contributed by atoms with E-state index in [1.165, 1.54) is 11.3 Å². The molecule has 1 aliphatic carbocycles. The van der Waals surface area contributed by atoms with Crippen LogP contribution in [0.5, 0.6) is 0 Å². The SMILES string of the molecule is Cc1sc(N(CCC2CCC(F)C2)c2ccc(C#N)cc2)nc1C(=O)NS(C)(=O)=O. The average molecular weight is 451 g/mol. The smallest absolute Gasteiger partial charge is 0.284 e. The normalized spacial score (nSPS) is 18.7. The van der Waals surface area contributed by atoms with Crippen molar-refractivity contribution >= 4 is 38.1 Å². The van der Waals surface area contributed by atoms with Gasteiger partial charge in [0.15, 0.2) is 5.13 Å². The van der Waals surface area contributed by atoms with E-state index in [-0.39, 0.29) is 11.6 Å². The van der Waals surface area contributed by atoms with Crippen molar-refractivity contribution in [2.75, 3.05) is 17.7 Å². The third kappa shape index (κ3) is 5.55. The summed E-state index contributed by atoms with van der Waals surface area (Å²) in [5, 5.41) is 9.59. The predicted molar refractivity (Wildman–Crippen MR) is 114 cm³/mol. The molecule has 1 heterocycles. The Hall–Kier alpha value is -2.51. The van der Waals surface area contributed by atoms with Crippen molar-refractivity contribution in [1.82, 2.24) is 9.71 Å². The highest BCUT2D eigenvalue weighted by atomic mass is 32.2. The van der Waals surface area contributed by atoms with E-state index in [1.54, 1.807) is 31.2 Å². The predicted octanol–water partition coefficient (Wildman–Crippen LogP) is 3.68. The second kappa shape index (κ2) is 9.10. The van der Waals surface area contributed by atoms with Gasteiger partial charge in [0.05, 0.1) is 17.9 Å². The number of nitrogens with zero attached hydrogens (tertiary/aromatic N) is 3. The highest BCUT2D eigenvalue weighted by Crippen LogP contribution is 2.35. The molecule has 1 aliphatic rings. The molecule has 7 nitrogen and oxygen atoms in total. The minimum atomic E-state index is -3.70. The van der Waals surface area contributed by atoms with E-state index in [2.05, 4.69) is 11.1 Å². The Morgan fingerprint density at radius 1 is 1.37 bits per heavy atom. The van der Waals surface area contributed by atoms with Gasteiger partial charge in [-0.25, -0.2) is 22.5 Å². The lowest BCUT2D eigenvalue weighted by molar-refractivity contribution is 0.0977. The summed E-state index contributed by atoms with van der Waals surface area (Å²) in [5.74, 6) is -0.483. The van der Waals surface area contributed by atoms with E-state index in [0.29, 0.717) is 35.0 Å². The highest BCUT2D eigenvalue weighted by Gasteiger charge is 2.26. The lowest BCUT2D eigenvalue weighted by Crippen LogP contribution is -2.30. The molecule has 1 saturated carbocycles. The van der Waals surface area contributed by atoms with Gasteiger partial charge < -0.3 is 4.90 Å². The second-order valence-electron chi connectivity index (χ2n) is 7.48. The fourth-order valence-electron chi connectivity index (χ4n) is 3.56. The van der Waals surface area contributed by atoms with Crippen LogP contribution in [0.2, 0.25) is 0 Å².